The molecule has 0 saturated carbocycles. The van der Waals surface area contributed by atoms with Crippen LogP contribution in [-0.4, -0.2) is 11.1 Å². The highest BCUT2D eigenvalue weighted by atomic mass is 19.1. The molecular weight excluding hydrogens is 305 g/mol. The van der Waals surface area contributed by atoms with Gasteiger partial charge in [0.1, 0.15) is 17.3 Å². The smallest absolute Gasteiger partial charge is 0.137 e. The molecule has 0 saturated heterocycles. The Bertz CT molecular complexity index is 785. The number of rotatable bonds is 6. The molecule has 2 N–H and O–H groups in total. The van der Waals surface area contributed by atoms with Gasteiger partial charge in [-0.2, -0.15) is 0 Å². The first-order valence-electron chi connectivity index (χ1n) is 7.95. The molecule has 124 valence electrons. The van der Waals surface area contributed by atoms with Crippen molar-refractivity contribution in [2.75, 3.05) is 0 Å². The van der Waals surface area contributed by atoms with E-state index >= 15 is 0 Å². The molecule has 2 atom stereocenters. The molecule has 0 aliphatic heterocycles. The van der Waals surface area contributed by atoms with Gasteiger partial charge in [-0.15, -0.1) is 0 Å². The van der Waals surface area contributed by atoms with Crippen molar-refractivity contribution in [2.45, 2.75) is 25.6 Å². The summed E-state index contributed by atoms with van der Waals surface area (Å²) in [6.07, 6.45) is -0.604. The maximum absolute atomic E-state index is 13.8. The van der Waals surface area contributed by atoms with Crippen LogP contribution in [0.25, 0.3) is 11.3 Å². The maximum Gasteiger partial charge on any atom is 0.137 e. The van der Waals surface area contributed by atoms with E-state index in [9.17, 15) is 9.50 Å². The van der Waals surface area contributed by atoms with E-state index in [0.717, 1.165) is 5.56 Å². The zero-order valence-electron chi connectivity index (χ0n) is 13.4. The Kier molecular flexibility index (Phi) is 5.08. The van der Waals surface area contributed by atoms with E-state index in [1.165, 1.54) is 6.07 Å². The summed E-state index contributed by atoms with van der Waals surface area (Å²) in [6.45, 7) is 2.37. The van der Waals surface area contributed by atoms with Crippen LogP contribution in [0.3, 0.4) is 0 Å². The predicted octanol–water partition coefficient (Wildman–Crippen LogP) is 4.30. The van der Waals surface area contributed by atoms with Gasteiger partial charge in [-0.1, -0.05) is 42.5 Å². The Morgan fingerprint density at radius 2 is 1.71 bits per heavy atom. The van der Waals surface area contributed by atoms with Gasteiger partial charge in [0.15, 0.2) is 0 Å². The fraction of sp³-hybridized carbons (Fsp3) is 0.200. The highest BCUT2D eigenvalue weighted by Gasteiger charge is 2.16. The fourth-order valence-electron chi connectivity index (χ4n) is 2.59. The molecule has 2 unspecified atom stereocenters. The monoisotopic (exact) mass is 325 g/mol. The lowest BCUT2D eigenvalue weighted by Crippen LogP contribution is -2.31. The molecule has 1 heterocycles. The first-order valence-corrected chi connectivity index (χ1v) is 7.95. The molecular formula is C20H20FNO2. The van der Waals surface area contributed by atoms with E-state index in [1.54, 1.807) is 24.3 Å². The maximum atomic E-state index is 13.8. The first kappa shape index (κ1) is 16.4. The third-order valence-electron chi connectivity index (χ3n) is 4.01. The summed E-state index contributed by atoms with van der Waals surface area (Å²) < 4.78 is 19.5. The van der Waals surface area contributed by atoms with Gasteiger partial charge >= 0.3 is 0 Å². The zero-order chi connectivity index (χ0) is 16.9. The summed E-state index contributed by atoms with van der Waals surface area (Å²) in [5.41, 5.74) is 1.31. The van der Waals surface area contributed by atoms with E-state index in [1.807, 2.05) is 43.3 Å². The molecule has 3 rings (SSSR count). The van der Waals surface area contributed by atoms with Crippen molar-refractivity contribution in [3.63, 3.8) is 0 Å². The van der Waals surface area contributed by atoms with E-state index in [0.29, 0.717) is 23.6 Å². The quantitative estimate of drug-likeness (QED) is 0.710. The van der Waals surface area contributed by atoms with E-state index in [-0.39, 0.29) is 11.9 Å². The van der Waals surface area contributed by atoms with Gasteiger partial charge in [0.2, 0.25) is 0 Å². The molecule has 0 aliphatic rings. The highest BCUT2D eigenvalue weighted by Crippen LogP contribution is 2.25. The lowest BCUT2D eigenvalue weighted by atomic mass is 10.0. The molecule has 0 fully saturated rings. The van der Waals surface area contributed by atoms with Gasteiger partial charge in [0, 0.05) is 6.04 Å². The standard InChI is InChI=1S/C20H20FNO2/c1-14(20(23)15-7-3-2-4-8-15)22-13-16-11-12-19(24-16)17-9-5-6-10-18(17)21/h2-12,14,20,22-23H,13H2,1H3. The van der Waals surface area contributed by atoms with E-state index in [4.69, 9.17) is 4.42 Å². The Hall–Kier alpha value is -2.43. The molecule has 3 nitrogen and oxygen atoms in total. The Morgan fingerprint density at radius 1 is 1.00 bits per heavy atom. The van der Waals surface area contributed by atoms with Crippen molar-refractivity contribution < 1.29 is 13.9 Å². The summed E-state index contributed by atoms with van der Waals surface area (Å²) in [4.78, 5) is 0. The van der Waals surface area contributed by atoms with Crippen LogP contribution < -0.4 is 5.32 Å². The summed E-state index contributed by atoms with van der Waals surface area (Å²) in [6, 6.07) is 19.5. The van der Waals surface area contributed by atoms with Crippen LogP contribution in [0.2, 0.25) is 0 Å². The molecule has 0 amide bonds. The van der Waals surface area contributed by atoms with E-state index < -0.39 is 6.10 Å². The number of aliphatic hydroxyl groups excluding tert-OH is 1. The number of furan rings is 1. The van der Waals surface area contributed by atoms with Crippen LogP contribution in [0.1, 0.15) is 24.4 Å². The second-order valence-corrected chi connectivity index (χ2v) is 5.77. The lowest BCUT2D eigenvalue weighted by Gasteiger charge is -2.20. The van der Waals surface area contributed by atoms with Crippen LogP contribution in [-0.2, 0) is 6.54 Å². The third kappa shape index (κ3) is 3.72. The lowest BCUT2D eigenvalue weighted by molar-refractivity contribution is 0.134. The van der Waals surface area contributed by atoms with Crippen LogP contribution >= 0.6 is 0 Å². The minimum atomic E-state index is -0.604. The number of hydrogen-bond acceptors (Lipinski definition) is 3. The highest BCUT2D eigenvalue weighted by molar-refractivity contribution is 5.58. The zero-order valence-corrected chi connectivity index (χ0v) is 13.4. The average Bonchev–Trinajstić information content (AvgIpc) is 3.09. The Balaban J connectivity index is 1.62. The molecule has 1 aromatic heterocycles. The molecule has 3 aromatic rings. The van der Waals surface area contributed by atoms with Crippen LogP contribution in [0.15, 0.2) is 71.1 Å². The van der Waals surface area contributed by atoms with Crippen molar-refractivity contribution in [3.05, 3.63) is 83.9 Å². The minimum Gasteiger partial charge on any atom is -0.460 e. The van der Waals surface area contributed by atoms with Gasteiger partial charge in [-0.25, -0.2) is 4.39 Å². The average molecular weight is 325 g/mol. The molecule has 0 bridgehead atoms. The molecule has 2 aromatic carbocycles. The molecule has 4 heteroatoms. The van der Waals surface area contributed by atoms with Crippen LogP contribution in [0.4, 0.5) is 4.39 Å². The van der Waals surface area contributed by atoms with Gasteiger partial charge in [-0.3, -0.25) is 0 Å². The summed E-state index contributed by atoms with van der Waals surface area (Å²) in [7, 11) is 0. The van der Waals surface area contributed by atoms with Crippen molar-refractivity contribution in [2.24, 2.45) is 0 Å². The molecule has 24 heavy (non-hydrogen) atoms. The minimum absolute atomic E-state index is 0.144. The topological polar surface area (TPSA) is 45.4 Å². The number of halogens is 1. The van der Waals surface area contributed by atoms with E-state index in [2.05, 4.69) is 5.32 Å². The SMILES string of the molecule is CC(NCc1ccc(-c2ccccc2F)o1)C(O)c1ccccc1. The second kappa shape index (κ2) is 7.43. The summed E-state index contributed by atoms with van der Waals surface area (Å²) in [5.74, 6) is 0.890. The number of aliphatic hydroxyl groups is 1. The van der Waals surface area contributed by atoms with Crippen molar-refractivity contribution in [1.29, 1.82) is 0 Å². The molecule has 0 radical (unpaired) electrons. The van der Waals surface area contributed by atoms with Crippen LogP contribution in [0.5, 0.6) is 0 Å². The number of hydrogen-bond donors (Lipinski definition) is 2. The van der Waals surface area contributed by atoms with Gasteiger partial charge < -0.3 is 14.8 Å². The number of benzene rings is 2. The Morgan fingerprint density at radius 3 is 2.46 bits per heavy atom. The normalized spacial score (nSPS) is 13.6. The van der Waals surface area contributed by atoms with Gasteiger partial charge in [0.25, 0.3) is 0 Å². The Labute approximate surface area is 140 Å². The fourth-order valence-corrected chi connectivity index (χ4v) is 2.59. The third-order valence-corrected chi connectivity index (χ3v) is 4.01. The summed E-state index contributed by atoms with van der Waals surface area (Å²) in [5, 5.41) is 13.6. The van der Waals surface area contributed by atoms with Crippen molar-refractivity contribution in [3.8, 4) is 11.3 Å². The second-order valence-electron chi connectivity index (χ2n) is 5.77. The van der Waals surface area contributed by atoms with Gasteiger partial charge in [-0.05, 0) is 36.8 Å². The number of nitrogens with one attached hydrogen (secondary N) is 1. The van der Waals surface area contributed by atoms with Crippen molar-refractivity contribution in [1.82, 2.24) is 5.32 Å². The van der Waals surface area contributed by atoms with Crippen molar-refractivity contribution >= 4 is 0 Å². The largest absolute Gasteiger partial charge is 0.460 e. The first-order chi connectivity index (χ1) is 11.6. The van der Waals surface area contributed by atoms with Gasteiger partial charge in [0.05, 0.1) is 18.2 Å². The van der Waals surface area contributed by atoms with Crippen LogP contribution in [0, 0.1) is 5.82 Å². The molecule has 0 spiro atoms. The predicted molar refractivity (Wildman–Crippen MR) is 91.8 cm³/mol. The summed E-state index contributed by atoms with van der Waals surface area (Å²) >= 11 is 0. The molecule has 0 aliphatic carbocycles.